The summed E-state index contributed by atoms with van der Waals surface area (Å²) in [6, 6.07) is 3.06. The van der Waals surface area contributed by atoms with Crippen LogP contribution in [0.1, 0.15) is 0 Å². The molecule has 21 heavy (non-hydrogen) atoms. The standard InChI is InChI=1S/C12H9F2N7/c1-15-11-18-10(7-2-8(13)4-9(14)3-7)19-12(20-11)21-6-16-5-17-21/h2-6H,1H3,(H,15,18,19,20). The zero-order valence-corrected chi connectivity index (χ0v) is 10.8. The van der Waals surface area contributed by atoms with Crippen molar-refractivity contribution in [3.05, 3.63) is 42.5 Å². The van der Waals surface area contributed by atoms with Crippen LogP contribution < -0.4 is 5.32 Å². The van der Waals surface area contributed by atoms with Gasteiger partial charge in [-0.25, -0.2) is 13.8 Å². The van der Waals surface area contributed by atoms with Crippen LogP contribution in [-0.2, 0) is 0 Å². The van der Waals surface area contributed by atoms with E-state index in [1.807, 2.05) is 0 Å². The molecule has 1 N–H and O–H groups in total. The zero-order valence-electron chi connectivity index (χ0n) is 10.8. The first-order valence-electron chi connectivity index (χ1n) is 5.91. The molecule has 1 aromatic carbocycles. The highest BCUT2D eigenvalue weighted by Gasteiger charge is 2.11. The van der Waals surface area contributed by atoms with Gasteiger partial charge in [0.25, 0.3) is 5.95 Å². The average Bonchev–Trinajstić information content (AvgIpc) is 3.00. The van der Waals surface area contributed by atoms with Gasteiger partial charge in [0.05, 0.1) is 0 Å². The van der Waals surface area contributed by atoms with Crippen molar-refractivity contribution in [2.75, 3.05) is 12.4 Å². The third kappa shape index (κ3) is 2.66. The van der Waals surface area contributed by atoms with Gasteiger partial charge in [0, 0.05) is 18.7 Å². The molecule has 2 heterocycles. The average molecular weight is 289 g/mol. The van der Waals surface area contributed by atoms with Gasteiger partial charge in [-0.05, 0) is 12.1 Å². The molecule has 2 aromatic heterocycles. The minimum atomic E-state index is -0.710. The fourth-order valence-electron chi connectivity index (χ4n) is 1.70. The Morgan fingerprint density at radius 2 is 1.81 bits per heavy atom. The molecule has 0 aliphatic heterocycles. The van der Waals surface area contributed by atoms with Gasteiger partial charge in [0.15, 0.2) is 5.82 Å². The molecule has 0 saturated heterocycles. The van der Waals surface area contributed by atoms with E-state index in [4.69, 9.17) is 0 Å². The fourth-order valence-corrected chi connectivity index (χ4v) is 1.70. The Hall–Kier alpha value is -2.97. The lowest BCUT2D eigenvalue weighted by atomic mass is 10.2. The highest BCUT2D eigenvalue weighted by Crippen LogP contribution is 2.19. The van der Waals surface area contributed by atoms with Crippen molar-refractivity contribution in [1.29, 1.82) is 0 Å². The van der Waals surface area contributed by atoms with E-state index in [-0.39, 0.29) is 23.3 Å². The lowest BCUT2D eigenvalue weighted by molar-refractivity contribution is 0.584. The number of aromatic nitrogens is 6. The van der Waals surface area contributed by atoms with Gasteiger partial charge in [0.1, 0.15) is 24.3 Å². The second-order valence-corrected chi connectivity index (χ2v) is 4.03. The van der Waals surface area contributed by atoms with Crippen molar-refractivity contribution in [2.24, 2.45) is 0 Å². The maximum absolute atomic E-state index is 13.3. The van der Waals surface area contributed by atoms with Gasteiger partial charge in [0.2, 0.25) is 5.95 Å². The van der Waals surface area contributed by atoms with E-state index in [1.165, 1.54) is 17.3 Å². The van der Waals surface area contributed by atoms with E-state index >= 15 is 0 Å². The van der Waals surface area contributed by atoms with Crippen molar-refractivity contribution in [3.63, 3.8) is 0 Å². The number of hydrogen-bond acceptors (Lipinski definition) is 6. The largest absolute Gasteiger partial charge is 0.357 e. The molecule has 0 radical (unpaired) electrons. The molecule has 0 fully saturated rings. The second kappa shape index (κ2) is 5.19. The highest BCUT2D eigenvalue weighted by molar-refractivity contribution is 5.57. The minimum Gasteiger partial charge on any atom is -0.357 e. The number of anilines is 1. The third-order valence-electron chi connectivity index (χ3n) is 2.59. The first-order chi connectivity index (χ1) is 10.2. The van der Waals surface area contributed by atoms with Crippen LogP contribution in [0.5, 0.6) is 0 Å². The SMILES string of the molecule is CNc1nc(-c2cc(F)cc(F)c2)nc(-n2cncn2)n1. The Bertz CT molecular complexity index is 753. The van der Waals surface area contributed by atoms with Crippen molar-refractivity contribution in [1.82, 2.24) is 29.7 Å². The molecule has 7 nitrogen and oxygen atoms in total. The van der Waals surface area contributed by atoms with Crippen LogP contribution >= 0.6 is 0 Å². The Balaban J connectivity index is 2.15. The van der Waals surface area contributed by atoms with E-state index < -0.39 is 11.6 Å². The predicted octanol–water partition coefficient (Wildman–Crippen LogP) is 1.44. The summed E-state index contributed by atoms with van der Waals surface area (Å²) in [7, 11) is 1.62. The van der Waals surface area contributed by atoms with Crippen LogP contribution in [-0.4, -0.2) is 36.8 Å². The quantitative estimate of drug-likeness (QED) is 0.785. The van der Waals surface area contributed by atoms with E-state index in [1.54, 1.807) is 7.05 Å². The van der Waals surface area contributed by atoms with Gasteiger partial charge < -0.3 is 5.32 Å². The van der Waals surface area contributed by atoms with Crippen LogP contribution in [0.2, 0.25) is 0 Å². The van der Waals surface area contributed by atoms with Crippen molar-refractivity contribution >= 4 is 5.95 Å². The van der Waals surface area contributed by atoms with E-state index in [9.17, 15) is 8.78 Å². The molecule has 0 amide bonds. The topological polar surface area (TPSA) is 81.4 Å². The first-order valence-corrected chi connectivity index (χ1v) is 5.91. The predicted molar refractivity (Wildman–Crippen MR) is 69.6 cm³/mol. The molecule has 0 aliphatic carbocycles. The Morgan fingerprint density at radius 3 is 2.43 bits per heavy atom. The molecule has 106 valence electrons. The summed E-state index contributed by atoms with van der Waals surface area (Å²) in [6.45, 7) is 0. The molecule has 9 heteroatoms. The monoisotopic (exact) mass is 289 g/mol. The molecule has 0 unspecified atom stereocenters. The smallest absolute Gasteiger partial charge is 0.257 e. The van der Waals surface area contributed by atoms with E-state index in [0.717, 1.165) is 18.2 Å². The maximum Gasteiger partial charge on any atom is 0.257 e. The van der Waals surface area contributed by atoms with Crippen LogP contribution in [0.3, 0.4) is 0 Å². The van der Waals surface area contributed by atoms with Crippen LogP contribution in [0, 0.1) is 11.6 Å². The number of nitrogens with one attached hydrogen (secondary N) is 1. The molecular formula is C12H9F2N7. The molecule has 0 saturated carbocycles. The van der Waals surface area contributed by atoms with E-state index in [2.05, 4.69) is 30.4 Å². The summed E-state index contributed by atoms with van der Waals surface area (Å²) in [5, 5.41) is 6.67. The number of halogens is 2. The Labute approximate surface area is 117 Å². The summed E-state index contributed by atoms with van der Waals surface area (Å²) in [5.74, 6) is -0.864. The van der Waals surface area contributed by atoms with Crippen LogP contribution in [0.15, 0.2) is 30.9 Å². The fraction of sp³-hybridized carbons (Fsp3) is 0.0833. The van der Waals surface area contributed by atoms with Gasteiger partial charge in [-0.15, -0.1) is 0 Å². The molecule has 0 aliphatic rings. The van der Waals surface area contributed by atoms with Gasteiger partial charge in [-0.3, -0.25) is 0 Å². The summed E-state index contributed by atoms with van der Waals surface area (Å²) in [4.78, 5) is 16.1. The first kappa shape index (κ1) is 13.0. The van der Waals surface area contributed by atoms with E-state index in [0.29, 0.717) is 0 Å². The Morgan fingerprint density at radius 1 is 1.05 bits per heavy atom. The molecule has 0 bridgehead atoms. The number of hydrogen-bond donors (Lipinski definition) is 1. The number of benzene rings is 1. The highest BCUT2D eigenvalue weighted by atomic mass is 19.1. The number of rotatable bonds is 3. The summed E-state index contributed by atoms with van der Waals surface area (Å²) in [6.07, 6.45) is 2.73. The van der Waals surface area contributed by atoms with Crippen molar-refractivity contribution < 1.29 is 8.78 Å². The second-order valence-electron chi connectivity index (χ2n) is 4.03. The summed E-state index contributed by atoms with van der Waals surface area (Å²) < 4.78 is 28.0. The maximum atomic E-state index is 13.3. The summed E-state index contributed by atoms with van der Waals surface area (Å²) >= 11 is 0. The lowest BCUT2D eigenvalue weighted by Gasteiger charge is -2.06. The molecule has 0 spiro atoms. The number of nitrogens with zero attached hydrogens (tertiary/aromatic N) is 6. The molecule has 3 rings (SSSR count). The normalized spacial score (nSPS) is 10.6. The van der Waals surface area contributed by atoms with Crippen LogP contribution in [0.4, 0.5) is 14.7 Å². The van der Waals surface area contributed by atoms with Gasteiger partial charge in [-0.1, -0.05) is 0 Å². The Kier molecular flexibility index (Phi) is 3.22. The van der Waals surface area contributed by atoms with Crippen molar-refractivity contribution in [3.8, 4) is 17.3 Å². The zero-order chi connectivity index (χ0) is 14.8. The molecule has 0 atom stereocenters. The van der Waals surface area contributed by atoms with Crippen molar-refractivity contribution in [2.45, 2.75) is 0 Å². The minimum absolute atomic E-state index is 0.123. The summed E-state index contributed by atoms with van der Waals surface area (Å²) in [5.41, 5.74) is 0.202. The molecular weight excluding hydrogens is 280 g/mol. The lowest BCUT2D eigenvalue weighted by Crippen LogP contribution is -2.08. The van der Waals surface area contributed by atoms with Gasteiger partial charge >= 0.3 is 0 Å². The van der Waals surface area contributed by atoms with Gasteiger partial charge in [-0.2, -0.15) is 24.7 Å². The third-order valence-corrected chi connectivity index (χ3v) is 2.59. The molecule has 3 aromatic rings. The van der Waals surface area contributed by atoms with Crippen LogP contribution in [0.25, 0.3) is 17.3 Å².